The Morgan fingerprint density at radius 2 is 1.79 bits per heavy atom. The highest BCUT2D eigenvalue weighted by molar-refractivity contribution is 7.80. The zero-order valence-corrected chi connectivity index (χ0v) is 9.78. The maximum atomic E-state index is 12.9. The molecule has 0 aromatic heterocycles. The van der Waals surface area contributed by atoms with Crippen molar-refractivity contribution in [2.24, 2.45) is 5.84 Å². The molecule has 0 atom stereocenters. The minimum Gasteiger partial charge on any atom is -0.475 e. The van der Waals surface area contributed by atoms with Gasteiger partial charge in [0.15, 0.2) is 0 Å². The first-order valence-electron chi connectivity index (χ1n) is 4.35. The van der Waals surface area contributed by atoms with Crippen molar-refractivity contribution in [3.8, 4) is 0 Å². The third-order valence-corrected chi connectivity index (χ3v) is 1.88. The van der Waals surface area contributed by atoms with Gasteiger partial charge in [-0.3, -0.25) is 0 Å². The Morgan fingerprint density at radius 1 is 1.32 bits per heavy atom. The van der Waals surface area contributed by atoms with Crippen LogP contribution in [0.3, 0.4) is 0 Å². The first-order valence-corrected chi connectivity index (χ1v) is 4.76. The maximum Gasteiger partial charge on any atom is 0.490 e. The first-order chi connectivity index (χ1) is 8.59. The molecular formula is C9H7F5N2O2S. The summed E-state index contributed by atoms with van der Waals surface area (Å²) in [5, 5.41) is 7.12. The summed E-state index contributed by atoms with van der Waals surface area (Å²) in [6.07, 6.45) is -5.08. The van der Waals surface area contributed by atoms with Crippen molar-refractivity contribution in [1.29, 1.82) is 0 Å². The number of halogens is 5. The lowest BCUT2D eigenvalue weighted by Gasteiger charge is -2.03. The molecule has 4 nitrogen and oxygen atoms in total. The zero-order chi connectivity index (χ0) is 15.2. The van der Waals surface area contributed by atoms with Crippen LogP contribution in [0.4, 0.5) is 22.0 Å². The van der Waals surface area contributed by atoms with E-state index in [1.807, 2.05) is 0 Å². The van der Waals surface area contributed by atoms with Crippen LogP contribution in [0.15, 0.2) is 18.2 Å². The Bertz CT molecular complexity index is 478. The molecule has 4 N–H and O–H groups in total. The number of hydrogen-bond donors (Lipinski definition) is 3. The molecular weight excluding hydrogens is 295 g/mol. The average molecular weight is 302 g/mol. The quantitative estimate of drug-likeness (QED) is 0.319. The second kappa shape index (κ2) is 6.95. The molecule has 19 heavy (non-hydrogen) atoms. The summed E-state index contributed by atoms with van der Waals surface area (Å²) in [6.45, 7) is 0. The third-order valence-electron chi connectivity index (χ3n) is 1.55. The summed E-state index contributed by atoms with van der Waals surface area (Å²) >= 11 is 4.63. The molecule has 0 saturated heterocycles. The minimum atomic E-state index is -5.08. The average Bonchev–Trinajstić information content (AvgIpc) is 2.31. The monoisotopic (exact) mass is 302 g/mol. The number of benzene rings is 1. The minimum absolute atomic E-state index is 0.0213. The number of rotatable bonds is 1. The predicted molar refractivity (Wildman–Crippen MR) is 59.1 cm³/mol. The number of aliphatic carboxylic acids is 1. The summed E-state index contributed by atoms with van der Waals surface area (Å²) < 4.78 is 57.1. The molecule has 10 heteroatoms. The van der Waals surface area contributed by atoms with Crippen molar-refractivity contribution in [2.45, 2.75) is 6.18 Å². The van der Waals surface area contributed by atoms with Crippen LogP contribution >= 0.6 is 12.2 Å². The SMILES string of the molecule is NNC(=S)c1cc(F)ccc1F.O=C(O)C(F)(F)F. The first kappa shape index (κ1) is 17.2. The van der Waals surface area contributed by atoms with Gasteiger partial charge in [-0.05, 0) is 18.2 Å². The van der Waals surface area contributed by atoms with Crippen LogP contribution in [0.5, 0.6) is 0 Å². The fourth-order valence-electron chi connectivity index (χ4n) is 0.749. The van der Waals surface area contributed by atoms with E-state index < -0.39 is 23.8 Å². The molecule has 1 aromatic rings. The fourth-order valence-corrected chi connectivity index (χ4v) is 0.906. The topological polar surface area (TPSA) is 75.3 Å². The highest BCUT2D eigenvalue weighted by Crippen LogP contribution is 2.13. The Labute approximate surface area is 109 Å². The molecule has 0 unspecified atom stereocenters. The van der Waals surface area contributed by atoms with E-state index in [-0.39, 0.29) is 10.6 Å². The van der Waals surface area contributed by atoms with Crippen molar-refractivity contribution < 1.29 is 31.9 Å². The smallest absolute Gasteiger partial charge is 0.475 e. The van der Waals surface area contributed by atoms with Crippen molar-refractivity contribution >= 4 is 23.2 Å². The predicted octanol–water partition coefficient (Wildman–Crippen LogP) is 1.74. The van der Waals surface area contributed by atoms with Gasteiger partial charge in [0.2, 0.25) is 0 Å². The van der Waals surface area contributed by atoms with Crippen molar-refractivity contribution in [3.63, 3.8) is 0 Å². The number of nitrogens with one attached hydrogen (secondary N) is 1. The number of thiocarbonyl (C=S) groups is 1. The van der Waals surface area contributed by atoms with E-state index in [1.54, 1.807) is 0 Å². The van der Waals surface area contributed by atoms with Gasteiger partial charge in [-0.1, -0.05) is 12.2 Å². The van der Waals surface area contributed by atoms with E-state index in [9.17, 15) is 22.0 Å². The molecule has 0 aliphatic heterocycles. The number of alkyl halides is 3. The molecule has 0 fully saturated rings. The fraction of sp³-hybridized carbons (Fsp3) is 0.111. The number of nitrogens with two attached hydrogens (primary N) is 1. The number of carbonyl (C=O) groups is 1. The number of hydrogen-bond acceptors (Lipinski definition) is 3. The van der Waals surface area contributed by atoms with Crippen LogP contribution in [0.1, 0.15) is 5.56 Å². The summed E-state index contributed by atoms with van der Waals surface area (Å²) in [6, 6.07) is 2.99. The molecule has 0 spiro atoms. The summed E-state index contributed by atoms with van der Waals surface area (Å²) in [5.41, 5.74) is 2.04. The molecule has 1 rings (SSSR count). The van der Waals surface area contributed by atoms with E-state index in [0.717, 1.165) is 18.2 Å². The number of carboxylic acid groups (broad SMARTS) is 1. The van der Waals surface area contributed by atoms with Crippen molar-refractivity contribution in [3.05, 3.63) is 35.4 Å². The van der Waals surface area contributed by atoms with Gasteiger partial charge in [0.05, 0.1) is 0 Å². The van der Waals surface area contributed by atoms with Gasteiger partial charge >= 0.3 is 12.1 Å². The van der Waals surface area contributed by atoms with Crippen LogP contribution in [0, 0.1) is 11.6 Å². The van der Waals surface area contributed by atoms with Crippen LogP contribution in [0.2, 0.25) is 0 Å². The van der Waals surface area contributed by atoms with E-state index in [0.29, 0.717) is 0 Å². The molecule has 0 saturated carbocycles. The molecule has 0 aliphatic carbocycles. The van der Waals surface area contributed by atoms with E-state index in [1.165, 1.54) is 0 Å². The standard InChI is InChI=1S/C7H6F2N2S.C2HF3O2/c8-4-1-2-6(9)5(3-4)7(12)11-10;3-2(4,5)1(6)7/h1-3H,10H2,(H,11,12);(H,6,7). The Balaban J connectivity index is 0.000000399. The van der Waals surface area contributed by atoms with E-state index in [2.05, 4.69) is 17.6 Å². The molecule has 0 aliphatic rings. The lowest BCUT2D eigenvalue weighted by atomic mass is 10.2. The zero-order valence-electron chi connectivity index (χ0n) is 8.96. The summed E-state index contributed by atoms with van der Waals surface area (Å²) in [7, 11) is 0. The number of hydrazine groups is 1. The van der Waals surface area contributed by atoms with Gasteiger partial charge < -0.3 is 10.5 Å². The van der Waals surface area contributed by atoms with Crippen molar-refractivity contribution in [1.82, 2.24) is 5.43 Å². The lowest BCUT2D eigenvalue weighted by molar-refractivity contribution is -0.192. The highest BCUT2D eigenvalue weighted by atomic mass is 32.1. The van der Waals surface area contributed by atoms with E-state index >= 15 is 0 Å². The highest BCUT2D eigenvalue weighted by Gasteiger charge is 2.38. The van der Waals surface area contributed by atoms with Gasteiger partial charge in [-0.15, -0.1) is 0 Å². The van der Waals surface area contributed by atoms with Gasteiger partial charge in [-0.25, -0.2) is 19.4 Å². The molecule has 0 heterocycles. The molecule has 106 valence electrons. The van der Waals surface area contributed by atoms with Crippen LogP contribution in [0.25, 0.3) is 0 Å². The largest absolute Gasteiger partial charge is 0.490 e. The van der Waals surface area contributed by atoms with Gasteiger partial charge in [-0.2, -0.15) is 13.2 Å². The summed E-state index contributed by atoms with van der Waals surface area (Å²) in [5.74, 6) is 1.04. The molecule has 0 amide bonds. The maximum absolute atomic E-state index is 12.9. The number of carboxylic acids is 1. The van der Waals surface area contributed by atoms with Crippen LogP contribution in [-0.2, 0) is 4.79 Å². The molecule has 0 bridgehead atoms. The second-order valence-electron chi connectivity index (χ2n) is 2.90. The molecule has 0 radical (unpaired) electrons. The Morgan fingerprint density at radius 3 is 2.16 bits per heavy atom. The lowest BCUT2D eigenvalue weighted by Crippen LogP contribution is -2.29. The van der Waals surface area contributed by atoms with Gasteiger partial charge in [0, 0.05) is 5.56 Å². The van der Waals surface area contributed by atoms with Crippen molar-refractivity contribution in [2.75, 3.05) is 0 Å². The Hall–Kier alpha value is -1.81. The molecule has 1 aromatic carbocycles. The van der Waals surface area contributed by atoms with Gasteiger partial charge in [0.1, 0.15) is 16.6 Å². The third kappa shape index (κ3) is 6.06. The van der Waals surface area contributed by atoms with Crippen LogP contribution in [-0.4, -0.2) is 22.2 Å². The van der Waals surface area contributed by atoms with Gasteiger partial charge in [0.25, 0.3) is 0 Å². The normalized spacial score (nSPS) is 10.2. The second-order valence-corrected chi connectivity index (χ2v) is 3.31. The Kier molecular flexibility index (Phi) is 6.28. The summed E-state index contributed by atoms with van der Waals surface area (Å²) in [4.78, 5) is 8.87. The van der Waals surface area contributed by atoms with E-state index in [4.69, 9.17) is 15.7 Å². The van der Waals surface area contributed by atoms with Crippen LogP contribution < -0.4 is 11.3 Å².